The van der Waals surface area contributed by atoms with Gasteiger partial charge in [0.15, 0.2) is 0 Å². The fourth-order valence-corrected chi connectivity index (χ4v) is 1.57. The summed E-state index contributed by atoms with van der Waals surface area (Å²) in [7, 11) is 0. The van der Waals surface area contributed by atoms with Gasteiger partial charge >= 0.3 is 0 Å². The number of anilines is 1. The van der Waals surface area contributed by atoms with Crippen LogP contribution in [-0.4, -0.2) is 20.7 Å². The summed E-state index contributed by atoms with van der Waals surface area (Å²) in [6, 6.07) is 3.69. The molecular weight excluding hydrogens is 204 g/mol. The molecule has 2 rings (SSSR count). The second-order valence-electron chi connectivity index (χ2n) is 3.53. The van der Waals surface area contributed by atoms with E-state index in [1.54, 1.807) is 12.4 Å². The Labute approximate surface area is 93.5 Å². The summed E-state index contributed by atoms with van der Waals surface area (Å²) in [6.07, 6.45) is 6.13. The molecule has 2 aromatic heterocycles. The molecule has 0 fully saturated rings. The second-order valence-corrected chi connectivity index (χ2v) is 3.53. The van der Waals surface area contributed by atoms with Crippen LogP contribution >= 0.6 is 0 Å². The first kappa shape index (κ1) is 10.5. The number of aromatic nitrogens is 3. The topological polar surface area (TPSA) is 62.7 Å². The van der Waals surface area contributed by atoms with Crippen molar-refractivity contribution in [2.45, 2.75) is 19.9 Å². The number of H-pyrrole nitrogens is 1. The van der Waals surface area contributed by atoms with Gasteiger partial charge in [0.05, 0.1) is 11.9 Å². The zero-order chi connectivity index (χ0) is 11.4. The predicted octanol–water partition coefficient (Wildman–Crippen LogP) is 1.87. The van der Waals surface area contributed by atoms with Crippen molar-refractivity contribution >= 4 is 11.6 Å². The SMILES string of the molecule is CCCn1cccc1C(=O)Nc1cn[nH]c1. The predicted molar refractivity (Wildman–Crippen MR) is 61.3 cm³/mol. The number of nitrogens with one attached hydrogen (secondary N) is 2. The molecular formula is C11H14N4O. The summed E-state index contributed by atoms with van der Waals surface area (Å²) in [5.74, 6) is -0.111. The van der Waals surface area contributed by atoms with Crippen LogP contribution < -0.4 is 5.32 Å². The van der Waals surface area contributed by atoms with E-state index in [-0.39, 0.29) is 5.91 Å². The molecule has 0 unspecified atom stereocenters. The highest BCUT2D eigenvalue weighted by Gasteiger charge is 2.10. The molecule has 0 saturated carbocycles. The van der Waals surface area contributed by atoms with Crippen molar-refractivity contribution in [3.05, 3.63) is 36.4 Å². The van der Waals surface area contributed by atoms with Crippen LogP contribution in [0.5, 0.6) is 0 Å². The van der Waals surface area contributed by atoms with Gasteiger partial charge < -0.3 is 9.88 Å². The minimum atomic E-state index is -0.111. The molecule has 0 bridgehead atoms. The van der Waals surface area contributed by atoms with Gasteiger partial charge in [-0.1, -0.05) is 6.92 Å². The summed E-state index contributed by atoms with van der Waals surface area (Å²) < 4.78 is 1.94. The van der Waals surface area contributed by atoms with E-state index in [4.69, 9.17) is 0 Å². The Hall–Kier alpha value is -2.04. The van der Waals surface area contributed by atoms with Crippen LogP contribution in [0.15, 0.2) is 30.7 Å². The molecule has 2 heterocycles. The summed E-state index contributed by atoms with van der Waals surface area (Å²) >= 11 is 0. The molecule has 0 aromatic carbocycles. The highest BCUT2D eigenvalue weighted by atomic mass is 16.1. The molecule has 0 aliphatic rings. The molecule has 0 aliphatic heterocycles. The standard InChI is InChI=1S/C11H14N4O/c1-2-5-15-6-3-4-10(15)11(16)14-9-7-12-13-8-9/h3-4,6-8H,2,5H2,1H3,(H,12,13)(H,14,16). The van der Waals surface area contributed by atoms with E-state index in [9.17, 15) is 4.79 Å². The number of hydrogen-bond acceptors (Lipinski definition) is 2. The van der Waals surface area contributed by atoms with E-state index < -0.39 is 0 Å². The van der Waals surface area contributed by atoms with Crippen LogP contribution in [0, 0.1) is 0 Å². The fraction of sp³-hybridized carbons (Fsp3) is 0.273. The van der Waals surface area contributed by atoms with Crippen molar-refractivity contribution in [3.63, 3.8) is 0 Å². The maximum Gasteiger partial charge on any atom is 0.272 e. The van der Waals surface area contributed by atoms with Gasteiger partial charge in [0.1, 0.15) is 5.69 Å². The van der Waals surface area contributed by atoms with Gasteiger partial charge in [-0.15, -0.1) is 0 Å². The van der Waals surface area contributed by atoms with E-state index in [0.29, 0.717) is 11.4 Å². The average molecular weight is 218 g/mol. The summed E-state index contributed by atoms with van der Waals surface area (Å²) in [4.78, 5) is 11.9. The Balaban J connectivity index is 2.11. The van der Waals surface area contributed by atoms with Gasteiger partial charge in [-0.05, 0) is 18.6 Å². The number of amides is 1. The van der Waals surface area contributed by atoms with E-state index in [2.05, 4.69) is 22.4 Å². The lowest BCUT2D eigenvalue weighted by molar-refractivity contribution is 0.101. The minimum Gasteiger partial charge on any atom is -0.344 e. The lowest BCUT2D eigenvalue weighted by atomic mass is 10.3. The molecule has 5 nitrogen and oxygen atoms in total. The van der Waals surface area contributed by atoms with Crippen LogP contribution in [-0.2, 0) is 6.54 Å². The molecule has 5 heteroatoms. The van der Waals surface area contributed by atoms with E-state index >= 15 is 0 Å². The summed E-state index contributed by atoms with van der Waals surface area (Å²) in [6.45, 7) is 2.93. The third-order valence-corrected chi connectivity index (χ3v) is 2.28. The Kier molecular flexibility index (Phi) is 3.05. The van der Waals surface area contributed by atoms with Crippen LogP contribution in [0.4, 0.5) is 5.69 Å². The number of rotatable bonds is 4. The summed E-state index contributed by atoms with van der Waals surface area (Å²) in [5.41, 5.74) is 1.34. The van der Waals surface area contributed by atoms with Crippen molar-refractivity contribution < 1.29 is 4.79 Å². The van der Waals surface area contributed by atoms with Crippen molar-refractivity contribution in [2.75, 3.05) is 5.32 Å². The Morgan fingerprint density at radius 2 is 2.50 bits per heavy atom. The van der Waals surface area contributed by atoms with Crippen molar-refractivity contribution in [3.8, 4) is 0 Å². The molecule has 0 saturated heterocycles. The van der Waals surface area contributed by atoms with Gasteiger partial charge in [-0.25, -0.2) is 0 Å². The van der Waals surface area contributed by atoms with Crippen molar-refractivity contribution in [1.82, 2.24) is 14.8 Å². The first-order valence-corrected chi connectivity index (χ1v) is 5.26. The largest absolute Gasteiger partial charge is 0.344 e. The molecule has 2 N–H and O–H groups in total. The lowest BCUT2D eigenvalue weighted by Gasteiger charge is -2.07. The Bertz CT molecular complexity index is 458. The third kappa shape index (κ3) is 2.13. The van der Waals surface area contributed by atoms with Crippen LogP contribution in [0.1, 0.15) is 23.8 Å². The number of hydrogen-bond donors (Lipinski definition) is 2. The lowest BCUT2D eigenvalue weighted by Crippen LogP contribution is -2.16. The Morgan fingerprint density at radius 1 is 1.62 bits per heavy atom. The van der Waals surface area contributed by atoms with E-state index in [1.807, 2.05) is 22.9 Å². The number of nitrogens with zero attached hydrogens (tertiary/aromatic N) is 2. The van der Waals surface area contributed by atoms with Crippen LogP contribution in [0.3, 0.4) is 0 Å². The van der Waals surface area contributed by atoms with Gasteiger partial charge in [0, 0.05) is 18.9 Å². The van der Waals surface area contributed by atoms with Gasteiger partial charge in [0.25, 0.3) is 5.91 Å². The highest BCUT2D eigenvalue weighted by Crippen LogP contribution is 2.08. The molecule has 16 heavy (non-hydrogen) atoms. The Morgan fingerprint density at radius 3 is 3.19 bits per heavy atom. The van der Waals surface area contributed by atoms with Crippen LogP contribution in [0.25, 0.3) is 0 Å². The molecule has 2 aromatic rings. The second kappa shape index (κ2) is 4.65. The van der Waals surface area contributed by atoms with E-state index in [1.165, 1.54) is 0 Å². The average Bonchev–Trinajstić information content (AvgIpc) is 2.89. The molecule has 1 amide bonds. The first-order valence-electron chi connectivity index (χ1n) is 5.26. The zero-order valence-corrected chi connectivity index (χ0v) is 9.10. The number of aromatic amines is 1. The first-order chi connectivity index (χ1) is 7.81. The van der Waals surface area contributed by atoms with Crippen molar-refractivity contribution in [2.24, 2.45) is 0 Å². The highest BCUT2D eigenvalue weighted by molar-refractivity contribution is 6.03. The van der Waals surface area contributed by atoms with Gasteiger partial charge in [0.2, 0.25) is 0 Å². The molecule has 0 atom stereocenters. The molecule has 0 radical (unpaired) electrons. The smallest absolute Gasteiger partial charge is 0.272 e. The zero-order valence-electron chi connectivity index (χ0n) is 9.10. The molecule has 84 valence electrons. The number of carbonyl (C=O) groups excluding carboxylic acids is 1. The monoisotopic (exact) mass is 218 g/mol. The van der Waals surface area contributed by atoms with Crippen molar-refractivity contribution in [1.29, 1.82) is 0 Å². The van der Waals surface area contributed by atoms with Crippen LogP contribution in [0.2, 0.25) is 0 Å². The maximum atomic E-state index is 11.9. The number of aryl methyl sites for hydroxylation is 1. The number of carbonyl (C=O) groups is 1. The third-order valence-electron chi connectivity index (χ3n) is 2.28. The molecule has 0 aliphatic carbocycles. The quantitative estimate of drug-likeness (QED) is 0.822. The van der Waals surface area contributed by atoms with Gasteiger partial charge in [-0.3, -0.25) is 9.89 Å². The molecule has 0 spiro atoms. The summed E-state index contributed by atoms with van der Waals surface area (Å²) in [5, 5.41) is 9.19. The normalized spacial score (nSPS) is 10.3. The van der Waals surface area contributed by atoms with Gasteiger partial charge in [-0.2, -0.15) is 5.10 Å². The maximum absolute atomic E-state index is 11.9. The van der Waals surface area contributed by atoms with E-state index in [0.717, 1.165) is 13.0 Å². The minimum absolute atomic E-state index is 0.111. The fourth-order valence-electron chi connectivity index (χ4n) is 1.57.